The van der Waals surface area contributed by atoms with Crippen LogP contribution in [-0.4, -0.2) is 16.3 Å². The van der Waals surface area contributed by atoms with Gasteiger partial charge in [0.1, 0.15) is 5.75 Å². The first-order valence-corrected chi connectivity index (χ1v) is 6.76. The van der Waals surface area contributed by atoms with Gasteiger partial charge in [-0.2, -0.15) is 5.10 Å². The molecule has 0 radical (unpaired) electrons. The SMILES string of the molecule is CCNC(C)c1cccc(Oc2cnn(CC)c2)c1. The summed E-state index contributed by atoms with van der Waals surface area (Å²) in [6, 6.07) is 8.48. The molecule has 2 rings (SSSR count). The van der Waals surface area contributed by atoms with Gasteiger partial charge in [0, 0.05) is 12.6 Å². The second kappa shape index (κ2) is 6.38. The lowest BCUT2D eigenvalue weighted by molar-refractivity contribution is 0.478. The summed E-state index contributed by atoms with van der Waals surface area (Å²) in [5.41, 5.74) is 1.22. The summed E-state index contributed by atoms with van der Waals surface area (Å²) in [7, 11) is 0. The molecule has 2 aromatic rings. The molecule has 4 nitrogen and oxygen atoms in total. The fraction of sp³-hybridized carbons (Fsp3) is 0.400. The van der Waals surface area contributed by atoms with Crippen molar-refractivity contribution < 1.29 is 4.74 Å². The Morgan fingerprint density at radius 2 is 2.16 bits per heavy atom. The Hall–Kier alpha value is -1.81. The lowest BCUT2D eigenvalue weighted by atomic mass is 10.1. The third-order valence-corrected chi connectivity index (χ3v) is 3.04. The molecule has 4 heteroatoms. The minimum absolute atomic E-state index is 0.326. The Morgan fingerprint density at radius 1 is 1.32 bits per heavy atom. The molecule has 0 aliphatic carbocycles. The van der Waals surface area contributed by atoms with Crippen LogP contribution in [0.2, 0.25) is 0 Å². The molecule has 1 N–H and O–H groups in total. The van der Waals surface area contributed by atoms with Crippen LogP contribution in [0.15, 0.2) is 36.7 Å². The Kier molecular flexibility index (Phi) is 4.58. The molecule has 1 aromatic heterocycles. The van der Waals surface area contributed by atoms with Crippen molar-refractivity contribution >= 4 is 0 Å². The van der Waals surface area contributed by atoms with Gasteiger partial charge in [-0.1, -0.05) is 19.1 Å². The van der Waals surface area contributed by atoms with E-state index in [4.69, 9.17) is 4.74 Å². The predicted molar refractivity (Wildman–Crippen MR) is 76.5 cm³/mol. The number of hydrogen-bond acceptors (Lipinski definition) is 3. The quantitative estimate of drug-likeness (QED) is 0.864. The first kappa shape index (κ1) is 13.6. The van der Waals surface area contributed by atoms with Crippen LogP contribution < -0.4 is 10.1 Å². The molecule has 0 spiro atoms. The van der Waals surface area contributed by atoms with Crippen molar-refractivity contribution in [2.75, 3.05) is 6.54 Å². The summed E-state index contributed by atoms with van der Waals surface area (Å²) < 4.78 is 7.67. The number of benzene rings is 1. The lowest BCUT2D eigenvalue weighted by Gasteiger charge is -2.13. The van der Waals surface area contributed by atoms with Crippen LogP contribution in [0.4, 0.5) is 0 Å². The van der Waals surface area contributed by atoms with Gasteiger partial charge in [0.2, 0.25) is 0 Å². The molecule has 0 saturated heterocycles. The Labute approximate surface area is 114 Å². The fourth-order valence-corrected chi connectivity index (χ4v) is 1.98. The van der Waals surface area contributed by atoms with Crippen LogP contribution in [0.25, 0.3) is 0 Å². The largest absolute Gasteiger partial charge is 0.454 e. The van der Waals surface area contributed by atoms with E-state index < -0.39 is 0 Å². The van der Waals surface area contributed by atoms with Crippen LogP contribution in [0.1, 0.15) is 32.4 Å². The maximum atomic E-state index is 5.82. The van der Waals surface area contributed by atoms with Gasteiger partial charge < -0.3 is 10.1 Å². The van der Waals surface area contributed by atoms with Gasteiger partial charge in [-0.05, 0) is 38.1 Å². The van der Waals surface area contributed by atoms with E-state index in [1.54, 1.807) is 6.20 Å². The molecule has 1 aromatic carbocycles. The minimum atomic E-state index is 0.326. The number of hydrogen-bond donors (Lipinski definition) is 1. The molecule has 19 heavy (non-hydrogen) atoms. The van der Waals surface area contributed by atoms with E-state index >= 15 is 0 Å². The Bertz CT molecular complexity index is 522. The fourth-order valence-electron chi connectivity index (χ4n) is 1.98. The molecule has 1 heterocycles. The number of aromatic nitrogens is 2. The first-order chi connectivity index (χ1) is 9.22. The van der Waals surface area contributed by atoms with E-state index in [9.17, 15) is 0 Å². The highest BCUT2D eigenvalue weighted by atomic mass is 16.5. The van der Waals surface area contributed by atoms with Gasteiger partial charge in [-0.25, -0.2) is 0 Å². The molecule has 0 saturated carbocycles. The van der Waals surface area contributed by atoms with Crippen LogP contribution in [0.3, 0.4) is 0 Å². The zero-order valence-corrected chi connectivity index (χ0v) is 11.8. The smallest absolute Gasteiger partial charge is 0.165 e. The molecule has 1 atom stereocenters. The number of nitrogens with zero attached hydrogens (tertiary/aromatic N) is 2. The van der Waals surface area contributed by atoms with Gasteiger partial charge in [-0.15, -0.1) is 0 Å². The van der Waals surface area contributed by atoms with Crippen LogP contribution in [0.5, 0.6) is 11.5 Å². The number of aryl methyl sites for hydroxylation is 1. The van der Waals surface area contributed by atoms with Crippen molar-refractivity contribution in [2.45, 2.75) is 33.4 Å². The maximum absolute atomic E-state index is 5.82. The van der Waals surface area contributed by atoms with Crippen molar-refractivity contribution in [1.82, 2.24) is 15.1 Å². The molecule has 0 amide bonds. The molecule has 102 valence electrons. The van der Waals surface area contributed by atoms with Gasteiger partial charge >= 0.3 is 0 Å². The minimum Gasteiger partial charge on any atom is -0.454 e. The molecule has 0 fully saturated rings. The molecular weight excluding hydrogens is 238 g/mol. The van der Waals surface area contributed by atoms with Crippen LogP contribution in [0, 0.1) is 0 Å². The molecule has 0 aliphatic rings. The third kappa shape index (κ3) is 3.58. The van der Waals surface area contributed by atoms with Crippen molar-refractivity contribution in [3.05, 3.63) is 42.2 Å². The number of nitrogens with one attached hydrogen (secondary N) is 1. The average Bonchev–Trinajstić information content (AvgIpc) is 2.87. The van der Waals surface area contributed by atoms with E-state index in [-0.39, 0.29) is 0 Å². The Balaban J connectivity index is 2.10. The zero-order valence-electron chi connectivity index (χ0n) is 11.8. The highest BCUT2D eigenvalue weighted by Gasteiger charge is 2.06. The summed E-state index contributed by atoms with van der Waals surface area (Å²) in [5.74, 6) is 1.62. The van der Waals surface area contributed by atoms with Crippen molar-refractivity contribution in [3.8, 4) is 11.5 Å². The molecular formula is C15H21N3O. The van der Waals surface area contributed by atoms with E-state index in [0.29, 0.717) is 6.04 Å². The van der Waals surface area contributed by atoms with Gasteiger partial charge in [-0.3, -0.25) is 4.68 Å². The standard InChI is InChI=1S/C15H21N3O/c1-4-16-12(3)13-7-6-8-14(9-13)19-15-10-17-18(5-2)11-15/h6-12,16H,4-5H2,1-3H3. The van der Waals surface area contributed by atoms with Crippen LogP contribution >= 0.6 is 0 Å². The summed E-state index contributed by atoms with van der Waals surface area (Å²) >= 11 is 0. The summed E-state index contributed by atoms with van der Waals surface area (Å²) in [6.45, 7) is 8.11. The van der Waals surface area contributed by atoms with Gasteiger partial charge in [0.15, 0.2) is 5.75 Å². The number of ether oxygens (including phenoxy) is 1. The zero-order chi connectivity index (χ0) is 13.7. The van der Waals surface area contributed by atoms with Gasteiger partial charge in [0.05, 0.1) is 12.4 Å². The Morgan fingerprint density at radius 3 is 2.84 bits per heavy atom. The van der Waals surface area contributed by atoms with E-state index in [0.717, 1.165) is 24.6 Å². The molecule has 0 aliphatic heterocycles. The topological polar surface area (TPSA) is 39.1 Å². The maximum Gasteiger partial charge on any atom is 0.165 e. The summed E-state index contributed by atoms with van der Waals surface area (Å²) in [6.07, 6.45) is 3.64. The second-order valence-electron chi connectivity index (χ2n) is 4.49. The summed E-state index contributed by atoms with van der Waals surface area (Å²) in [5, 5.41) is 7.59. The monoisotopic (exact) mass is 259 g/mol. The number of rotatable bonds is 6. The third-order valence-electron chi connectivity index (χ3n) is 3.04. The van der Waals surface area contributed by atoms with Gasteiger partial charge in [0.25, 0.3) is 0 Å². The molecule has 0 bridgehead atoms. The van der Waals surface area contributed by atoms with Crippen molar-refractivity contribution in [1.29, 1.82) is 0 Å². The lowest BCUT2D eigenvalue weighted by Crippen LogP contribution is -2.17. The van der Waals surface area contributed by atoms with Crippen LogP contribution in [-0.2, 0) is 6.54 Å². The van der Waals surface area contributed by atoms with E-state index in [2.05, 4.69) is 43.3 Å². The highest BCUT2D eigenvalue weighted by molar-refractivity contribution is 5.33. The van der Waals surface area contributed by atoms with E-state index in [1.807, 2.05) is 23.0 Å². The average molecular weight is 259 g/mol. The van der Waals surface area contributed by atoms with Crippen molar-refractivity contribution in [3.63, 3.8) is 0 Å². The van der Waals surface area contributed by atoms with Crippen molar-refractivity contribution in [2.24, 2.45) is 0 Å². The first-order valence-electron chi connectivity index (χ1n) is 6.76. The molecule has 1 unspecified atom stereocenters. The predicted octanol–water partition coefficient (Wildman–Crippen LogP) is 3.37. The van der Waals surface area contributed by atoms with E-state index in [1.165, 1.54) is 5.56 Å². The highest BCUT2D eigenvalue weighted by Crippen LogP contribution is 2.24. The second-order valence-corrected chi connectivity index (χ2v) is 4.49. The normalized spacial score (nSPS) is 12.4. The summed E-state index contributed by atoms with van der Waals surface area (Å²) in [4.78, 5) is 0.